The highest BCUT2D eigenvalue weighted by molar-refractivity contribution is 7.99. The average molecular weight is 433 g/mol. The number of benzene rings is 1. The molecule has 0 saturated carbocycles. The fourth-order valence-corrected chi connectivity index (χ4v) is 4.29. The van der Waals surface area contributed by atoms with Gasteiger partial charge in [-0.1, -0.05) is 23.9 Å². The van der Waals surface area contributed by atoms with Gasteiger partial charge >= 0.3 is 0 Å². The molecule has 4 aromatic rings. The third kappa shape index (κ3) is 3.77. The molecule has 1 aliphatic heterocycles. The SMILES string of the molecule is CC(C(=O)Nc1ccc(-c2cn3c(n2)SCC3)cc1)n1nc(-n2cccn2)ccc1=O. The van der Waals surface area contributed by atoms with E-state index in [1.54, 1.807) is 43.2 Å². The molecular weight excluding hydrogens is 414 g/mol. The smallest absolute Gasteiger partial charge is 0.267 e. The number of hydrogen-bond donors (Lipinski definition) is 1. The number of hydrogen-bond acceptors (Lipinski definition) is 6. The lowest BCUT2D eigenvalue weighted by Crippen LogP contribution is -2.33. The van der Waals surface area contributed by atoms with E-state index in [0.717, 1.165) is 33.4 Å². The average Bonchev–Trinajstić information content (AvgIpc) is 3.52. The number of nitrogens with one attached hydrogen (secondary N) is 1. The monoisotopic (exact) mass is 433 g/mol. The van der Waals surface area contributed by atoms with Crippen LogP contribution in [0.4, 0.5) is 5.69 Å². The quantitative estimate of drug-likeness (QED) is 0.519. The van der Waals surface area contributed by atoms with Gasteiger partial charge in [0, 0.05) is 48.2 Å². The Kier molecular flexibility index (Phi) is 4.91. The summed E-state index contributed by atoms with van der Waals surface area (Å²) in [5, 5.41) is 12.3. The highest BCUT2D eigenvalue weighted by Crippen LogP contribution is 2.29. The Labute approximate surface area is 181 Å². The lowest BCUT2D eigenvalue weighted by atomic mass is 10.1. The Bertz CT molecular complexity index is 1270. The number of amides is 1. The Morgan fingerprint density at radius 2 is 2.03 bits per heavy atom. The van der Waals surface area contributed by atoms with Crippen LogP contribution >= 0.6 is 11.8 Å². The van der Waals surface area contributed by atoms with Crippen LogP contribution in [0, 0.1) is 0 Å². The Hall–Kier alpha value is -3.66. The van der Waals surface area contributed by atoms with Crippen LogP contribution < -0.4 is 10.9 Å². The van der Waals surface area contributed by atoms with Crippen LogP contribution in [0.25, 0.3) is 17.1 Å². The molecule has 1 aliphatic rings. The molecule has 5 rings (SSSR count). The van der Waals surface area contributed by atoms with Crippen molar-refractivity contribution in [3.63, 3.8) is 0 Å². The van der Waals surface area contributed by atoms with E-state index >= 15 is 0 Å². The minimum absolute atomic E-state index is 0.336. The summed E-state index contributed by atoms with van der Waals surface area (Å²) in [4.78, 5) is 29.7. The van der Waals surface area contributed by atoms with Gasteiger partial charge in [-0.15, -0.1) is 5.10 Å². The van der Waals surface area contributed by atoms with Gasteiger partial charge in [0.25, 0.3) is 5.56 Å². The van der Waals surface area contributed by atoms with Crippen LogP contribution in [0.15, 0.2) is 71.0 Å². The topological polar surface area (TPSA) is 99.6 Å². The largest absolute Gasteiger partial charge is 0.325 e. The van der Waals surface area contributed by atoms with Crippen molar-refractivity contribution in [1.29, 1.82) is 0 Å². The molecule has 1 amide bonds. The Balaban J connectivity index is 1.32. The van der Waals surface area contributed by atoms with Crippen molar-refractivity contribution >= 4 is 23.4 Å². The van der Waals surface area contributed by atoms with Gasteiger partial charge in [-0.05, 0) is 31.2 Å². The first-order valence-electron chi connectivity index (χ1n) is 9.80. The van der Waals surface area contributed by atoms with E-state index in [4.69, 9.17) is 0 Å². The van der Waals surface area contributed by atoms with Gasteiger partial charge in [0.15, 0.2) is 11.0 Å². The van der Waals surface area contributed by atoms with Crippen molar-refractivity contribution in [2.45, 2.75) is 24.7 Å². The molecule has 0 radical (unpaired) electrons. The van der Waals surface area contributed by atoms with Gasteiger partial charge < -0.3 is 9.88 Å². The molecule has 1 aromatic carbocycles. The minimum atomic E-state index is -0.796. The van der Waals surface area contributed by atoms with Gasteiger partial charge in [-0.3, -0.25) is 9.59 Å². The summed E-state index contributed by atoms with van der Waals surface area (Å²) in [5.41, 5.74) is 2.18. The first kappa shape index (κ1) is 19.3. The molecule has 0 saturated heterocycles. The second-order valence-electron chi connectivity index (χ2n) is 7.12. The number of carbonyl (C=O) groups excluding carboxylic acids is 1. The first-order chi connectivity index (χ1) is 15.1. The molecule has 10 heteroatoms. The summed E-state index contributed by atoms with van der Waals surface area (Å²) in [5.74, 6) is 1.19. The molecule has 0 aliphatic carbocycles. The molecule has 9 nitrogen and oxygen atoms in total. The molecule has 1 N–H and O–H groups in total. The zero-order chi connectivity index (χ0) is 21.4. The molecule has 156 valence electrons. The second kappa shape index (κ2) is 7.88. The number of fused-ring (bicyclic) bond motifs is 1. The van der Waals surface area contributed by atoms with Crippen molar-refractivity contribution in [3.05, 3.63) is 71.4 Å². The van der Waals surface area contributed by atoms with E-state index in [9.17, 15) is 9.59 Å². The predicted octanol–water partition coefficient (Wildman–Crippen LogP) is 2.60. The van der Waals surface area contributed by atoms with Crippen molar-refractivity contribution in [2.24, 2.45) is 0 Å². The third-order valence-corrected chi connectivity index (χ3v) is 6.02. The second-order valence-corrected chi connectivity index (χ2v) is 8.18. The fraction of sp³-hybridized carbons (Fsp3) is 0.190. The van der Waals surface area contributed by atoms with Gasteiger partial charge in [-0.2, -0.15) is 5.10 Å². The van der Waals surface area contributed by atoms with Crippen molar-refractivity contribution in [1.82, 2.24) is 29.1 Å². The molecule has 3 aromatic heterocycles. The summed E-state index contributed by atoms with van der Waals surface area (Å²) < 4.78 is 4.84. The van der Waals surface area contributed by atoms with Crippen LogP contribution in [0.5, 0.6) is 0 Å². The van der Waals surface area contributed by atoms with E-state index in [1.165, 1.54) is 10.7 Å². The third-order valence-electron chi connectivity index (χ3n) is 5.05. The van der Waals surface area contributed by atoms with Crippen molar-refractivity contribution < 1.29 is 4.79 Å². The number of anilines is 1. The summed E-state index contributed by atoms with van der Waals surface area (Å²) in [6.45, 7) is 2.61. The maximum Gasteiger partial charge on any atom is 0.267 e. The summed E-state index contributed by atoms with van der Waals surface area (Å²) in [7, 11) is 0. The summed E-state index contributed by atoms with van der Waals surface area (Å²) in [6.07, 6.45) is 5.39. The molecular formula is C21H19N7O2S. The van der Waals surface area contributed by atoms with Crippen LogP contribution in [0.3, 0.4) is 0 Å². The maximum atomic E-state index is 12.8. The highest BCUT2D eigenvalue weighted by Gasteiger charge is 2.19. The molecule has 0 fully saturated rings. The van der Waals surface area contributed by atoms with Crippen LogP contribution in [0.2, 0.25) is 0 Å². The first-order valence-corrected chi connectivity index (χ1v) is 10.8. The molecule has 31 heavy (non-hydrogen) atoms. The van der Waals surface area contributed by atoms with Gasteiger partial charge in [0.1, 0.15) is 6.04 Å². The van der Waals surface area contributed by atoms with Gasteiger partial charge in [0.2, 0.25) is 5.91 Å². The number of rotatable bonds is 5. The standard InChI is InChI=1S/C21H19N7O2S/c1-14(28-19(29)8-7-18(25-28)27-10-2-9-22-27)20(30)23-16-5-3-15(4-6-16)17-13-26-11-12-31-21(26)24-17/h2-10,13-14H,11-12H2,1H3,(H,23,30). The molecule has 0 spiro atoms. The highest BCUT2D eigenvalue weighted by atomic mass is 32.2. The number of carbonyl (C=O) groups is 1. The number of thioether (sulfide) groups is 1. The van der Waals surface area contributed by atoms with E-state index in [2.05, 4.69) is 31.3 Å². The van der Waals surface area contributed by atoms with Crippen LogP contribution in [-0.2, 0) is 11.3 Å². The van der Waals surface area contributed by atoms with Crippen LogP contribution in [0.1, 0.15) is 13.0 Å². The predicted molar refractivity (Wildman–Crippen MR) is 117 cm³/mol. The van der Waals surface area contributed by atoms with Crippen LogP contribution in [-0.4, -0.2) is 40.8 Å². The number of imidazole rings is 1. The summed E-state index contributed by atoms with van der Waals surface area (Å²) in [6, 6.07) is 11.4. The van der Waals surface area contributed by atoms with E-state index in [1.807, 2.05) is 24.3 Å². The van der Waals surface area contributed by atoms with Crippen molar-refractivity contribution in [2.75, 3.05) is 11.1 Å². The number of aromatic nitrogens is 6. The van der Waals surface area contributed by atoms with E-state index in [0.29, 0.717) is 11.5 Å². The van der Waals surface area contributed by atoms with Gasteiger partial charge in [0.05, 0.1) is 5.69 Å². The van der Waals surface area contributed by atoms with Gasteiger partial charge in [-0.25, -0.2) is 14.3 Å². The molecule has 1 unspecified atom stereocenters. The Morgan fingerprint density at radius 1 is 1.19 bits per heavy atom. The van der Waals surface area contributed by atoms with Crippen molar-refractivity contribution in [3.8, 4) is 17.1 Å². The molecule has 1 atom stereocenters. The lowest BCUT2D eigenvalue weighted by molar-refractivity contribution is -0.119. The summed E-state index contributed by atoms with van der Waals surface area (Å²) >= 11 is 1.75. The lowest BCUT2D eigenvalue weighted by Gasteiger charge is -2.15. The zero-order valence-electron chi connectivity index (χ0n) is 16.7. The Morgan fingerprint density at radius 3 is 2.77 bits per heavy atom. The number of nitrogens with zero attached hydrogens (tertiary/aromatic N) is 6. The number of aryl methyl sites for hydroxylation is 1. The van der Waals surface area contributed by atoms with E-state index < -0.39 is 6.04 Å². The maximum absolute atomic E-state index is 12.8. The minimum Gasteiger partial charge on any atom is -0.325 e. The normalized spacial score (nSPS) is 13.7. The molecule has 4 heterocycles. The fourth-order valence-electron chi connectivity index (χ4n) is 3.35. The molecule has 0 bridgehead atoms. The zero-order valence-corrected chi connectivity index (χ0v) is 17.5. The van der Waals surface area contributed by atoms with E-state index in [-0.39, 0.29) is 11.5 Å².